The SMILES string of the molecule is COc1cc(OC)c2c(c1)c(=O)ccn2CCN. The Bertz CT molecular complexity index is 619. The van der Waals surface area contributed by atoms with Crippen LogP contribution in [0.2, 0.25) is 0 Å². The first-order valence-corrected chi connectivity index (χ1v) is 5.66. The minimum atomic E-state index is -0.0597. The Kier molecular flexibility index (Phi) is 3.53. The van der Waals surface area contributed by atoms with Crippen molar-refractivity contribution < 1.29 is 9.47 Å². The van der Waals surface area contributed by atoms with Gasteiger partial charge in [0.05, 0.1) is 25.1 Å². The predicted molar refractivity (Wildman–Crippen MR) is 70.4 cm³/mol. The topological polar surface area (TPSA) is 66.5 Å². The molecule has 0 bridgehead atoms. The first kappa shape index (κ1) is 12.4. The third-order valence-electron chi connectivity index (χ3n) is 2.83. The van der Waals surface area contributed by atoms with Crippen LogP contribution in [-0.2, 0) is 6.54 Å². The van der Waals surface area contributed by atoms with Crippen LogP contribution in [0.1, 0.15) is 0 Å². The molecule has 0 radical (unpaired) electrons. The number of nitrogens with zero attached hydrogens (tertiary/aromatic N) is 1. The lowest BCUT2D eigenvalue weighted by molar-refractivity contribution is 0.396. The molecule has 96 valence electrons. The van der Waals surface area contributed by atoms with Crippen molar-refractivity contribution in [1.82, 2.24) is 4.57 Å². The number of hydrogen-bond acceptors (Lipinski definition) is 4. The molecule has 0 aliphatic heterocycles. The molecule has 0 spiro atoms. The summed E-state index contributed by atoms with van der Waals surface area (Å²) >= 11 is 0. The van der Waals surface area contributed by atoms with Gasteiger partial charge in [0.15, 0.2) is 5.43 Å². The van der Waals surface area contributed by atoms with Crippen LogP contribution in [0.15, 0.2) is 29.2 Å². The van der Waals surface area contributed by atoms with E-state index in [9.17, 15) is 4.79 Å². The standard InChI is InChI=1S/C13H16N2O3/c1-17-9-7-10-11(16)3-5-15(6-4-14)13(10)12(8-9)18-2/h3,5,7-8H,4,6,14H2,1-2H3. The van der Waals surface area contributed by atoms with Crippen LogP contribution in [0.3, 0.4) is 0 Å². The van der Waals surface area contributed by atoms with Gasteiger partial charge in [-0.1, -0.05) is 0 Å². The Hall–Kier alpha value is -2.01. The largest absolute Gasteiger partial charge is 0.497 e. The van der Waals surface area contributed by atoms with Gasteiger partial charge >= 0.3 is 0 Å². The third-order valence-corrected chi connectivity index (χ3v) is 2.83. The van der Waals surface area contributed by atoms with Gasteiger partial charge in [-0.15, -0.1) is 0 Å². The van der Waals surface area contributed by atoms with Gasteiger partial charge < -0.3 is 19.8 Å². The molecular weight excluding hydrogens is 232 g/mol. The number of methoxy groups -OCH3 is 2. The van der Waals surface area contributed by atoms with E-state index in [1.165, 1.54) is 6.07 Å². The van der Waals surface area contributed by atoms with Crippen LogP contribution < -0.4 is 20.6 Å². The van der Waals surface area contributed by atoms with E-state index in [-0.39, 0.29) is 5.43 Å². The van der Waals surface area contributed by atoms with Gasteiger partial charge in [0.2, 0.25) is 0 Å². The molecule has 0 unspecified atom stereocenters. The van der Waals surface area contributed by atoms with Crippen molar-refractivity contribution in [1.29, 1.82) is 0 Å². The number of pyridine rings is 1. The summed E-state index contributed by atoms with van der Waals surface area (Å²) < 4.78 is 12.4. The predicted octanol–water partition coefficient (Wildman–Crippen LogP) is 0.977. The molecule has 0 saturated heterocycles. The van der Waals surface area contributed by atoms with Crippen molar-refractivity contribution in [2.24, 2.45) is 5.73 Å². The highest BCUT2D eigenvalue weighted by Crippen LogP contribution is 2.29. The fourth-order valence-corrected chi connectivity index (χ4v) is 1.99. The van der Waals surface area contributed by atoms with Crippen molar-refractivity contribution in [3.8, 4) is 11.5 Å². The Labute approximate surface area is 105 Å². The molecule has 0 saturated carbocycles. The van der Waals surface area contributed by atoms with E-state index >= 15 is 0 Å². The smallest absolute Gasteiger partial charge is 0.189 e. The molecule has 5 nitrogen and oxygen atoms in total. The average Bonchev–Trinajstić information content (AvgIpc) is 2.41. The Balaban J connectivity index is 2.83. The van der Waals surface area contributed by atoms with Gasteiger partial charge in [0.25, 0.3) is 0 Å². The number of fused-ring (bicyclic) bond motifs is 1. The fraction of sp³-hybridized carbons (Fsp3) is 0.308. The highest BCUT2D eigenvalue weighted by Gasteiger charge is 2.11. The van der Waals surface area contributed by atoms with Crippen molar-refractivity contribution in [3.63, 3.8) is 0 Å². The van der Waals surface area contributed by atoms with E-state index in [0.717, 1.165) is 5.52 Å². The van der Waals surface area contributed by atoms with Crippen LogP contribution in [0, 0.1) is 0 Å². The van der Waals surface area contributed by atoms with Crippen molar-refractivity contribution in [3.05, 3.63) is 34.6 Å². The molecule has 0 amide bonds. The van der Waals surface area contributed by atoms with Crippen LogP contribution in [0.25, 0.3) is 10.9 Å². The molecule has 1 aromatic carbocycles. The molecule has 2 N–H and O–H groups in total. The second kappa shape index (κ2) is 5.10. The zero-order valence-electron chi connectivity index (χ0n) is 10.5. The van der Waals surface area contributed by atoms with E-state index in [4.69, 9.17) is 15.2 Å². The van der Waals surface area contributed by atoms with Crippen LogP contribution >= 0.6 is 0 Å². The van der Waals surface area contributed by atoms with Crippen LogP contribution in [0.4, 0.5) is 0 Å². The molecule has 18 heavy (non-hydrogen) atoms. The minimum absolute atomic E-state index is 0.0597. The van der Waals surface area contributed by atoms with Gasteiger partial charge in [-0.3, -0.25) is 4.79 Å². The molecule has 2 rings (SSSR count). The summed E-state index contributed by atoms with van der Waals surface area (Å²) in [6, 6.07) is 5.00. The van der Waals surface area contributed by atoms with E-state index < -0.39 is 0 Å². The van der Waals surface area contributed by atoms with Gasteiger partial charge in [0, 0.05) is 31.4 Å². The lowest BCUT2D eigenvalue weighted by Gasteiger charge is -2.14. The lowest BCUT2D eigenvalue weighted by Crippen LogP contribution is -2.14. The van der Waals surface area contributed by atoms with E-state index in [0.29, 0.717) is 30.0 Å². The zero-order valence-corrected chi connectivity index (χ0v) is 10.5. The Morgan fingerprint density at radius 1 is 1.28 bits per heavy atom. The van der Waals surface area contributed by atoms with Crippen molar-refractivity contribution in [2.75, 3.05) is 20.8 Å². The maximum atomic E-state index is 11.9. The van der Waals surface area contributed by atoms with Gasteiger partial charge in [-0.05, 0) is 6.07 Å². The molecule has 0 aliphatic rings. The van der Waals surface area contributed by atoms with E-state index in [1.54, 1.807) is 32.5 Å². The third kappa shape index (κ3) is 2.04. The summed E-state index contributed by atoms with van der Waals surface area (Å²) in [6.07, 6.45) is 1.73. The second-order valence-electron chi connectivity index (χ2n) is 3.89. The molecule has 5 heteroatoms. The molecular formula is C13H16N2O3. The molecule has 1 aromatic heterocycles. The Morgan fingerprint density at radius 2 is 2.06 bits per heavy atom. The van der Waals surface area contributed by atoms with Crippen molar-refractivity contribution >= 4 is 10.9 Å². The van der Waals surface area contributed by atoms with E-state index in [2.05, 4.69) is 0 Å². The van der Waals surface area contributed by atoms with Gasteiger partial charge in [-0.2, -0.15) is 0 Å². The lowest BCUT2D eigenvalue weighted by atomic mass is 10.1. The van der Waals surface area contributed by atoms with Crippen LogP contribution in [0.5, 0.6) is 11.5 Å². The first-order chi connectivity index (χ1) is 8.71. The average molecular weight is 248 g/mol. The summed E-state index contributed by atoms with van der Waals surface area (Å²) in [5.74, 6) is 1.21. The summed E-state index contributed by atoms with van der Waals surface area (Å²) in [4.78, 5) is 11.9. The second-order valence-corrected chi connectivity index (χ2v) is 3.89. The molecule has 0 fully saturated rings. The molecule has 0 atom stereocenters. The molecule has 1 heterocycles. The maximum absolute atomic E-state index is 11.9. The first-order valence-electron chi connectivity index (χ1n) is 5.66. The number of nitrogens with two attached hydrogens (primary N) is 1. The number of hydrogen-bond donors (Lipinski definition) is 1. The monoisotopic (exact) mass is 248 g/mol. The van der Waals surface area contributed by atoms with E-state index in [1.807, 2.05) is 4.57 Å². The highest BCUT2D eigenvalue weighted by molar-refractivity contribution is 5.86. The van der Waals surface area contributed by atoms with Crippen molar-refractivity contribution in [2.45, 2.75) is 6.54 Å². The summed E-state index contributed by atoms with van der Waals surface area (Å²) in [5.41, 5.74) is 6.26. The molecule has 2 aromatic rings. The Morgan fingerprint density at radius 3 is 2.67 bits per heavy atom. The summed E-state index contributed by atoms with van der Waals surface area (Å²) in [6.45, 7) is 1.12. The highest BCUT2D eigenvalue weighted by atomic mass is 16.5. The normalized spacial score (nSPS) is 10.6. The maximum Gasteiger partial charge on any atom is 0.189 e. The summed E-state index contributed by atoms with van der Waals surface area (Å²) in [7, 11) is 3.13. The quantitative estimate of drug-likeness (QED) is 0.875. The number of ether oxygens (including phenoxy) is 2. The summed E-state index contributed by atoms with van der Waals surface area (Å²) in [5, 5.41) is 0.571. The van der Waals surface area contributed by atoms with Gasteiger partial charge in [0.1, 0.15) is 11.5 Å². The van der Waals surface area contributed by atoms with Gasteiger partial charge in [-0.25, -0.2) is 0 Å². The van der Waals surface area contributed by atoms with Crippen LogP contribution in [-0.4, -0.2) is 25.3 Å². The zero-order chi connectivity index (χ0) is 13.1. The minimum Gasteiger partial charge on any atom is -0.497 e. The molecule has 0 aliphatic carbocycles. The number of aromatic nitrogens is 1. The number of benzene rings is 1. The number of rotatable bonds is 4. The fourth-order valence-electron chi connectivity index (χ4n) is 1.99.